The first-order chi connectivity index (χ1) is 14.1. The molecule has 1 atom stereocenters. The molecule has 0 amide bonds. The molecule has 1 aliphatic carbocycles. The maximum atomic E-state index is 11.0. The van der Waals surface area contributed by atoms with Crippen molar-refractivity contribution in [1.29, 1.82) is 0 Å². The molecule has 1 saturated carbocycles. The second-order valence-corrected chi connectivity index (χ2v) is 8.57. The van der Waals surface area contributed by atoms with Crippen LogP contribution in [0.1, 0.15) is 32.1 Å². The third-order valence-corrected chi connectivity index (χ3v) is 6.45. The Hall–Kier alpha value is -2.78. The third-order valence-electron chi connectivity index (χ3n) is 5.79. The van der Waals surface area contributed by atoms with Crippen LogP contribution in [0.2, 0.25) is 0 Å². The van der Waals surface area contributed by atoms with E-state index in [2.05, 4.69) is 32.3 Å². The third kappa shape index (κ3) is 3.10. The number of aromatic nitrogens is 3. The molecule has 2 aliphatic rings. The molecule has 3 aromatic rings. The molecule has 0 radical (unpaired) electrons. The van der Waals surface area contributed by atoms with Crippen LogP contribution in [0.15, 0.2) is 46.5 Å². The minimum atomic E-state index is -2.24. The van der Waals surface area contributed by atoms with Crippen LogP contribution in [0.5, 0.6) is 0 Å². The van der Waals surface area contributed by atoms with Crippen molar-refractivity contribution in [2.45, 2.75) is 42.5 Å². The van der Waals surface area contributed by atoms with Gasteiger partial charge in [0, 0.05) is 29.2 Å². The van der Waals surface area contributed by atoms with Gasteiger partial charge in [0.1, 0.15) is 11.5 Å². The average molecular weight is 409 g/mol. The average Bonchev–Trinajstić information content (AvgIpc) is 3.13. The number of nitrogens with one attached hydrogen (secondary N) is 1. The lowest BCUT2D eigenvalue weighted by Gasteiger charge is -2.40. The van der Waals surface area contributed by atoms with Crippen molar-refractivity contribution in [2.24, 2.45) is 5.10 Å². The van der Waals surface area contributed by atoms with E-state index in [0.717, 1.165) is 35.4 Å². The lowest BCUT2D eigenvalue weighted by atomic mass is 9.82. The molecule has 1 unspecified atom stereocenters. The summed E-state index contributed by atoms with van der Waals surface area (Å²) in [5, 5.41) is 10.7. The van der Waals surface area contributed by atoms with Gasteiger partial charge in [0.15, 0.2) is 0 Å². The Morgan fingerprint density at radius 1 is 1.17 bits per heavy atom. The normalized spacial score (nSPS) is 18.8. The highest BCUT2D eigenvalue weighted by atomic mass is 32.2. The summed E-state index contributed by atoms with van der Waals surface area (Å²) in [5.41, 5.74) is 1.48. The van der Waals surface area contributed by atoms with Gasteiger partial charge in [-0.3, -0.25) is 13.8 Å². The molecule has 0 saturated heterocycles. The first kappa shape index (κ1) is 18.3. The predicted octanol–water partition coefficient (Wildman–Crippen LogP) is 3.51. The number of rotatable bonds is 3. The molecule has 8 nitrogen and oxygen atoms in total. The van der Waals surface area contributed by atoms with Gasteiger partial charge in [-0.05, 0) is 54.3 Å². The van der Waals surface area contributed by atoms with E-state index < -0.39 is 11.1 Å². The number of fused-ring (bicyclic) bond motifs is 4. The Balaban J connectivity index is 1.55. The second-order valence-electron chi connectivity index (χ2n) is 7.63. The molecular weight excluding hydrogens is 388 g/mol. The molecule has 1 fully saturated rings. The van der Waals surface area contributed by atoms with E-state index in [0.29, 0.717) is 5.95 Å². The van der Waals surface area contributed by atoms with Crippen molar-refractivity contribution in [3.8, 4) is 0 Å². The Kier molecular flexibility index (Phi) is 4.36. The fourth-order valence-electron chi connectivity index (χ4n) is 4.32. The summed E-state index contributed by atoms with van der Waals surface area (Å²) in [6.45, 7) is 0. The molecule has 1 N–H and O–H groups in total. The van der Waals surface area contributed by atoms with E-state index >= 15 is 0 Å². The molecule has 29 heavy (non-hydrogen) atoms. The molecule has 9 heteroatoms. The minimum absolute atomic E-state index is 0.132. The molecule has 1 spiro atoms. The zero-order chi connectivity index (χ0) is 20.0. The van der Waals surface area contributed by atoms with Crippen LogP contribution >= 0.6 is 0 Å². The Morgan fingerprint density at radius 2 is 1.93 bits per heavy atom. The largest absolute Gasteiger partial charge is 0.768 e. The topological polar surface area (TPSA) is 98.5 Å². The van der Waals surface area contributed by atoms with Crippen molar-refractivity contribution in [1.82, 2.24) is 14.5 Å². The highest BCUT2D eigenvalue weighted by Gasteiger charge is 2.38. The first-order valence-corrected chi connectivity index (χ1v) is 10.8. The van der Waals surface area contributed by atoms with Crippen molar-refractivity contribution in [3.63, 3.8) is 0 Å². The quantitative estimate of drug-likeness (QED) is 0.665. The zero-order valence-electron chi connectivity index (χ0n) is 16.0. The summed E-state index contributed by atoms with van der Waals surface area (Å²) in [6, 6.07) is 8.59. The maximum Gasteiger partial charge on any atom is 0.229 e. The molecule has 150 valence electrons. The molecule has 2 aromatic heterocycles. The van der Waals surface area contributed by atoms with Crippen LogP contribution in [0.4, 0.5) is 17.5 Å². The minimum Gasteiger partial charge on any atom is -0.768 e. The SMILES string of the molecule is CN1N=CC2(CCCCC2)n2c1cc1cnc(Nc3ccc(S(=O)[O-])cc3)nc12. The monoisotopic (exact) mass is 409 g/mol. The molecule has 0 bridgehead atoms. The molecule has 1 aromatic carbocycles. The van der Waals surface area contributed by atoms with Gasteiger partial charge < -0.3 is 9.87 Å². The Bertz CT molecular complexity index is 1120. The zero-order valence-corrected chi connectivity index (χ0v) is 16.9. The highest BCUT2D eigenvalue weighted by Crippen LogP contribution is 2.42. The van der Waals surface area contributed by atoms with Gasteiger partial charge >= 0.3 is 0 Å². The predicted molar refractivity (Wildman–Crippen MR) is 112 cm³/mol. The summed E-state index contributed by atoms with van der Waals surface area (Å²) < 4.78 is 24.4. The summed E-state index contributed by atoms with van der Waals surface area (Å²) in [7, 11) is 1.95. The van der Waals surface area contributed by atoms with E-state index in [1.165, 1.54) is 19.3 Å². The van der Waals surface area contributed by atoms with E-state index in [9.17, 15) is 8.76 Å². The van der Waals surface area contributed by atoms with Crippen molar-refractivity contribution in [3.05, 3.63) is 36.5 Å². The van der Waals surface area contributed by atoms with Crippen LogP contribution in [-0.4, -0.2) is 36.6 Å². The van der Waals surface area contributed by atoms with Crippen LogP contribution in [0, 0.1) is 0 Å². The van der Waals surface area contributed by atoms with Crippen LogP contribution in [-0.2, 0) is 16.6 Å². The van der Waals surface area contributed by atoms with Gasteiger partial charge in [0.05, 0.1) is 11.8 Å². The van der Waals surface area contributed by atoms with Gasteiger partial charge in [-0.15, -0.1) is 0 Å². The standard InChI is InChI=1S/C20H22N6O2S/c1-25-17-11-14-12-21-19(23-15-5-7-16(8-6-15)29(27)28)24-18(14)26(17)20(13-22-25)9-3-2-4-10-20/h5-8,11-13H,2-4,9-10H2,1H3,(H,27,28)(H,21,23,24)/p-1. The fourth-order valence-corrected chi connectivity index (χ4v) is 4.68. The summed E-state index contributed by atoms with van der Waals surface area (Å²) in [6.07, 6.45) is 9.63. The fraction of sp³-hybridized carbons (Fsp3) is 0.350. The lowest BCUT2D eigenvalue weighted by Crippen LogP contribution is -2.42. The van der Waals surface area contributed by atoms with E-state index in [1.54, 1.807) is 24.3 Å². The summed E-state index contributed by atoms with van der Waals surface area (Å²) in [4.78, 5) is 9.51. The van der Waals surface area contributed by atoms with Crippen LogP contribution in [0.3, 0.4) is 0 Å². The molecule has 1 aliphatic heterocycles. The van der Waals surface area contributed by atoms with Crippen LogP contribution < -0.4 is 10.3 Å². The lowest BCUT2D eigenvalue weighted by molar-refractivity contribution is 0.290. The second kappa shape index (κ2) is 6.93. The van der Waals surface area contributed by atoms with Gasteiger partial charge in [-0.25, -0.2) is 4.98 Å². The van der Waals surface area contributed by atoms with Crippen molar-refractivity contribution in [2.75, 3.05) is 17.4 Å². The smallest absolute Gasteiger partial charge is 0.229 e. The summed E-state index contributed by atoms with van der Waals surface area (Å²) >= 11 is -2.24. The van der Waals surface area contributed by atoms with Crippen LogP contribution in [0.25, 0.3) is 11.0 Å². The maximum absolute atomic E-state index is 11.0. The highest BCUT2D eigenvalue weighted by molar-refractivity contribution is 7.79. The van der Waals surface area contributed by atoms with Gasteiger partial charge in [0.2, 0.25) is 5.95 Å². The number of anilines is 3. The Morgan fingerprint density at radius 3 is 2.66 bits per heavy atom. The Labute approximate surface area is 170 Å². The number of benzene rings is 1. The number of nitrogens with zero attached hydrogens (tertiary/aromatic N) is 5. The number of hydrogen-bond donors (Lipinski definition) is 1. The van der Waals surface area contributed by atoms with E-state index in [4.69, 9.17) is 4.98 Å². The molecular formula is C20H21N6O2S-. The summed E-state index contributed by atoms with van der Waals surface area (Å²) in [5.74, 6) is 1.50. The number of hydrogen-bond acceptors (Lipinski definition) is 7. The van der Waals surface area contributed by atoms with Gasteiger partial charge in [-0.1, -0.05) is 19.3 Å². The van der Waals surface area contributed by atoms with Gasteiger partial charge in [-0.2, -0.15) is 10.1 Å². The molecule has 5 rings (SSSR count). The first-order valence-electron chi connectivity index (χ1n) is 9.70. The van der Waals surface area contributed by atoms with Gasteiger partial charge in [0.25, 0.3) is 0 Å². The van der Waals surface area contributed by atoms with E-state index in [-0.39, 0.29) is 10.4 Å². The molecule has 3 heterocycles. The van der Waals surface area contributed by atoms with Crippen molar-refractivity contribution < 1.29 is 8.76 Å². The van der Waals surface area contributed by atoms with E-state index in [1.807, 2.05) is 18.3 Å². The van der Waals surface area contributed by atoms with Crippen molar-refractivity contribution >= 4 is 45.8 Å². The number of hydrazone groups is 1.